The molecule has 2 rings (SSSR count). The number of primary amides is 1. The normalized spacial score (nSPS) is 24.7. The summed E-state index contributed by atoms with van der Waals surface area (Å²) in [7, 11) is 0. The zero-order valence-electron chi connectivity index (χ0n) is 14.8. The van der Waals surface area contributed by atoms with Gasteiger partial charge in [-0.1, -0.05) is 0 Å². The average Bonchev–Trinajstić information content (AvgIpc) is 3.09. The van der Waals surface area contributed by atoms with Gasteiger partial charge in [0.15, 0.2) is 0 Å². The Hall–Kier alpha value is -1.34. The molecule has 0 unspecified atom stereocenters. The molecule has 138 valence electrons. The van der Waals surface area contributed by atoms with Crippen molar-refractivity contribution in [1.29, 1.82) is 0 Å². The van der Waals surface area contributed by atoms with E-state index in [0.717, 1.165) is 71.6 Å². The van der Waals surface area contributed by atoms with E-state index in [4.69, 9.17) is 10.5 Å². The van der Waals surface area contributed by atoms with Gasteiger partial charge in [0.2, 0.25) is 5.91 Å². The molecular weight excluding hydrogens is 308 g/mol. The number of carbonyl (C=O) groups excluding carboxylic acids is 2. The summed E-state index contributed by atoms with van der Waals surface area (Å²) in [6.07, 6.45) is 3.85. The van der Waals surface area contributed by atoms with Crippen LogP contribution in [0.25, 0.3) is 0 Å². The standard InChI is InChI=1S/C17H32N4O3/c1-2-21(11-14-6-10-24-13-14)17(23)19-7-4-9-20-8-3-5-15(12-20)16(18)22/h14-15H,2-13H2,1H3,(H2,18,22)(H,19,23)/t14-,15+/m0/s1. The maximum atomic E-state index is 12.3. The van der Waals surface area contributed by atoms with Gasteiger partial charge < -0.3 is 25.6 Å². The van der Waals surface area contributed by atoms with Crippen molar-refractivity contribution < 1.29 is 14.3 Å². The zero-order valence-corrected chi connectivity index (χ0v) is 14.8. The highest BCUT2D eigenvalue weighted by atomic mass is 16.5. The number of nitrogens with zero attached hydrogens (tertiary/aromatic N) is 2. The number of likely N-dealkylation sites (tertiary alicyclic amines) is 1. The highest BCUT2D eigenvalue weighted by Crippen LogP contribution is 2.16. The Labute approximate surface area is 144 Å². The lowest BCUT2D eigenvalue weighted by Crippen LogP contribution is -2.44. The molecule has 0 aromatic rings. The SMILES string of the molecule is CCN(C[C@@H]1CCOC1)C(=O)NCCCN1CCC[C@@H](C(N)=O)C1. The number of hydrogen-bond donors (Lipinski definition) is 2. The van der Waals surface area contributed by atoms with E-state index in [1.807, 2.05) is 11.8 Å². The molecule has 24 heavy (non-hydrogen) atoms. The molecule has 7 heteroatoms. The van der Waals surface area contributed by atoms with Crippen LogP contribution in [0.2, 0.25) is 0 Å². The minimum Gasteiger partial charge on any atom is -0.381 e. The summed E-state index contributed by atoms with van der Waals surface area (Å²) in [4.78, 5) is 27.7. The van der Waals surface area contributed by atoms with Crippen LogP contribution in [0.4, 0.5) is 4.79 Å². The van der Waals surface area contributed by atoms with Crippen molar-refractivity contribution in [3.8, 4) is 0 Å². The summed E-state index contributed by atoms with van der Waals surface area (Å²) < 4.78 is 5.38. The number of hydrogen-bond acceptors (Lipinski definition) is 4. The minimum absolute atomic E-state index is 0.0121. The largest absolute Gasteiger partial charge is 0.381 e. The zero-order chi connectivity index (χ0) is 17.4. The summed E-state index contributed by atoms with van der Waals surface area (Å²) >= 11 is 0. The Morgan fingerprint density at radius 3 is 2.88 bits per heavy atom. The average molecular weight is 340 g/mol. The molecule has 0 spiro atoms. The van der Waals surface area contributed by atoms with Crippen LogP contribution in [-0.4, -0.2) is 74.2 Å². The number of piperidine rings is 1. The Kier molecular flexibility index (Phi) is 7.78. The minimum atomic E-state index is -0.192. The molecule has 2 aliphatic heterocycles. The van der Waals surface area contributed by atoms with Gasteiger partial charge in [0.05, 0.1) is 12.5 Å². The lowest BCUT2D eigenvalue weighted by molar-refractivity contribution is -0.123. The van der Waals surface area contributed by atoms with E-state index in [-0.39, 0.29) is 17.9 Å². The number of nitrogens with two attached hydrogens (primary N) is 1. The fraction of sp³-hybridized carbons (Fsp3) is 0.882. The molecule has 2 aliphatic rings. The van der Waals surface area contributed by atoms with E-state index in [1.54, 1.807) is 0 Å². The van der Waals surface area contributed by atoms with Crippen molar-refractivity contribution >= 4 is 11.9 Å². The monoisotopic (exact) mass is 340 g/mol. The van der Waals surface area contributed by atoms with Crippen molar-refractivity contribution in [2.45, 2.75) is 32.6 Å². The first-order chi connectivity index (χ1) is 11.6. The number of amides is 3. The van der Waals surface area contributed by atoms with Gasteiger partial charge in [0, 0.05) is 38.7 Å². The van der Waals surface area contributed by atoms with E-state index < -0.39 is 0 Å². The molecule has 0 saturated carbocycles. The summed E-state index contributed by atoms with van der Waals surface area (Å²) in [6, 6.07) is 0.0121. The second kappa shape index (κ2) is 9.84. The molecule has 2 atom stereocenters. The van der Waals surface area contributed by atoms with Crippen molar-refractivity contribution in [3.63, 3.8) is 0 Å². The van der Waals surface area contributed by atoms with E-state index in [9.17, 15) is 9.59 Å². The third-order valence-electron chi connectivity index (χ3n) is 5.01. The van der Waals surface area contributed by atoms with E-state index in [0.29, 0.717) is 12.5 Å². The second-order valence-corrected chi connectivity index (χ2v) is 6.90. The third-order valence-corrected chi connectivity index (χ3v) is 5.01. The maximum absolute atomic E-state index is 12.3. The first-order valence-electron chi connectivity index (χ1n) is 9.22. The number of ether oxygens (including phenoxy) is 1. The van der Waals surface area contributed by atoms with Crippen LogP contribution < -0.4 is 11.1 Å². The number of urea groups is 1. The summed E-state index contributed by atoms with van der Waals surface area (Å²) in [5.74, 6) is 0.259. The smallest absolute Gasteiger partial charge is 0.317 e. The first kappa shape index (κ1) is 19.0. The van der Waals surface area contributed by atoms with Gasteiger partial charge in [0.25, 0.3) is 0 Å². The van der Waals surface area contributed by atoms with Crippen LogP contribution in [0.15, 0.2) is 0 Å². The van der Waals surface area contributed by atoms with Gasteiger partial charge in [0.1, 0.15) is 0 Å². The summed E-state index contributed by atoms with van der Waals surface area (Å²) in [5.41, 5.74) is 5.40. The number of nitrogens with one attached hydrogen (secondary N) is 1. The molecule has 0 aromatic heterocycles. The molecule has 2 fully saturated rings. The molecular formula is C17H32N4O3. The lowest BCUT2D eigenvalue weighted by Gasteiger charge is -2.31. The van der Waals surface area contributed by atoms with Crippen LogP contribution in [-0.2, 0) is 9.53 Å². The van der Waals surface area contributed by atoms with Gasteiger partial charge in [-0.25, -0.2) is 4.79 Å². The molecule has 0 radical (unpaired) electrons. The molecule has 0 aromatic carbocycles. The van der Waals surface area contributed by atoms with Gasteiger partial charge in [-0.05, 0) is 45.7 Å². The van der Waals surface area contributed by atoms with Gasteiger partial charge in [-0.15, -0.1) is 0 Å². The van der Waals surface area contributed by atoms with Crippen molar-refractivity contribution in [2.24, 2.45) is 17.6 Å². The van der Waals surface area contributed by atoms with Crippen molar-refractivity contribution in [2.75, 3.05) is 52.5 Å². The molecule has 2 saturated heterocycles. The molecule has 0 bridgehead atoms. The summed E-state index contributed by atoms with van der Waals surface area (Å²) in [6.45, 7) is 8.40. The predicted octanol–water partition coefficient (Wildman–Crippen LogP) is 0.642. The van der Waals surface area contributed by atoms with Crippen molar-refractivity contribution in [3.05, 3.63) is 0 Å². The van der Waals surface area contributed by atoms with Crippen LogP contribution >= 0.6 is 0 Å². The first-order valence-corrected chi connectivity index (χ1v) is 9.22. The van der Waals surface area contributed by atoms with E-state index in [1.165, 1.54) is 0 Å². The highest BCUT2D eigenvalue weighted by Gasteiger charge is 2.24. The van der Waals surface area contributed by atoms with Crippen LogP contribution in [0.1, 0.15) is 32.6 Å². The van der Waals surface area contributed by atoms with Gasteiger partial charge in [-0.2, -0.15) is 0 Å². The highest BCUT2D eigenvalue weighted by molar-refractivity contribution is 5.77. The fourth-order valence-electron chi connectivity index (χ4n) is 3.50. The Bertz CT molecular complexity index is 413. The molecule has 2 heterocycles. The van der Waals surface area contributed by atoms with E-state index >= 15 is 0 Å². The maximum Gasteiger partial charge on any atom is 0.317 e. The van der Waals surface area contributed by atoms with E-state index in [2.05, 4.69) is 10.2 Å². The fourth-order valence-corrected chi connectivity index (χ4v) is 3.50. The van der Waals surface area contributed by atoms with Gasteiger partial charge in [-0.3, -0.25) is 4.79 Å². The third kappa shape index (κ3) is 5.94. The Morgan fingerprint density at radius 2 is 2.21 bits per heavy atom. The van der Waals surface area contributed by atoms with Crippen molar-refractivity contribution in [1.82, 2.24) is 15.1 Å². The van der Waals surface area contributed by atoms with Crippen LogP contribution in [0, 0.1) is 11.8 Å². The Morgan fingerprint density at radius 1 is 1.38 bits per heavy atom. The lowest BCUT2D eigenvalue weighted by atomic mass is 9.97. The van der Waals surface area contributed by atoms with Crippen LogP contribution in [0.5, 0.6) is 0 Å². The molecule has 3 N–H and O–H groups in total. The number of rotatable bonds is 8. The quantitative estimate of drug-likeness (QED) is 0.635. The Balaban J connectivity index is 1.61. The number of carbonyl (C=O) groups is 2. The topological polar surface area (TPSA) is 87.9 Å². The summed E-state index contributed by atoms with van der Waals surface area (Å²) in [5, 5.41) is 3.01. The molecule has 7 nitrogen and oxygen atoms in total. The van der Waals surface area contributed by atoms with Crippen LogP contribution in [0.3, 0.4) is 0 Å². The predicted molar refractivity (Wildman–Crippen MR) is 92.5 cm³/mol. The van der Waals surface area contributed by atoms with Gasteiger partial charge >= 0.3 is 6.03 Å². The molecule has 3 amide bonds. The second-order valence-electron chi connectivity index (χ2n) is 6.90. The molecule has 0 aliphatic carbocycles.